The predicted octanol–water partition coefficient (Wildman–Crippen LogP) is 6.00. The van der Waals surface area contributed by atoms with E-state index in [1.54, 1.807) is 0 Å². The highest BCUT2D eigenvalue weighted by atomic mass is 35.5. The molecule has 0 saturated carbocycles. The minimum Gasteiger partial charge on any atom is -0.618 e. The summed E-state index contributed by atoms with van der Waals surface area (Å²) < 4.78 is 132. The maximum absolute atomic E-state index is 14.5. The molecule has 0 radical (unpaired) electrons. The number of halogens is 10. The van der Waals surface area contributed by atoms with Gasteiger partial charge < -0.3 is 15.1 Å². The first-order valence-corrected chi connectivity index (χ1v) is 10.9. The van der Waals surface area contributed by atoms with Crippen LogP contribution in [-0.4, -0.2) is 28.6 Å². The summed E-state index contributed by atoms with van der Waals surface area (Å²) in [6.45, 7) is 0. The molecule has 1 unspecified atom stereocenters. The maximum atomic E-state index is 14.5. The van der Waals surface area contributed by atoms with Gasteiger partial charge in [-0.05, 0) is 24.3 Å². The van der Waals surface area contributed by atoms with Gasteiger partial charge in [0.05, 0.1) is 16.2 Å². The number of fused-ring (bicyclic) bond motifs is 1. The van der Waals surface area contributed by atoms with Gasteiger partial charge in [-0.3, -0.25) is 4.79 Å². The summed E-state index contributed by atoms with van der Waals surface area (Å²) in [7, 11) is 0. The first-order valence-electron chi connectivity index (χ1n) is 9.27. The fourth-order valence-electron chi connectivity index (χ4n) is 3.15. The Morgan fingerprint density at radius 2 is 1.61 bits per heavy atom. The smallest absolute Gasteiger partial charge is 0.435 e. The summed E-state index contributed by atoms with van der Waals surface area (Å²) in [6, 6.07) is 5.90. The van der Waals surface area contributed by atoms with E-state index >= 15 is 0 Å². The summed E-state index contributed by atoms with van der Waals surface area (Å²) in [4.78, 5) is 11.2. The van der Waals surface area contributed by atoms with Crippen LogP contribution in [0.2, 0.25) is 5.02 Å². The van der Waals surface area contributed by atoms with Crippen molar-refractivity contribution in [1.82, 2.24) is 0 Å². The zero-order valence-electron chi connectivity index (χ0n) is 17.1. The van der Waals surface area contributed by atoms with Crippen molar-refractivity contribution < 1.29 is 53.6 Å². The topological polar surface area (TPSA) is 79.1 Å². The number of nitrogens with one attached hydrogen (secondary N) is 1. The van der Waals surface area contributed by atoms with E-state index in [1.165, 1.54) is 18.2 Å². The van der Waals surface area contributed by atoms with Crippen LogP contribution in [0.5, 0.6) is 0 Å². The molecule has 194 valence electrons. The molecule has 16 heteroatoms. The second-order valence-corrected chi connectivity index (χ2v) is 8.90. The van der Waals surface area contributed by atoms with Crippen molar-refractivity contribution in [3.8, 4) is 0 Å². The molecule has 0 saturated heterocycles. The highest BCUT2D eigenvalue weighted by molar-refractivity contribution is 7.91. The minimum absolute atomic E-state index is 0.0273. The number of benzene rings is 2. The second-order valence-electron chi connectivity index (χ2n) is 7.10. The molecule has 3 aromatic rings. The van der Waals surface area contributed by atoms with Gasteiger partial charge in [-0.25, -0.2) is 4.39 Å². The first-order chi connectivity index (χ1) is 16.5. The van der Waals surface area contributed by atoms with Crippen molar-refractivity contribution in [1.29, 1.82) is 0 Å². The molecule has 0 spiro atoms. The lowest BCUT2D eigenvalue weighted by Gasteiger charge is -2.31. The van der Waals surface area contributed by atoms with E-state index in [1.807, 2.05) is 5.32 Å². The molecule has 1 atom stereocenters. The van der Waals surface area contributed by atoms with Gasteiger partial charge in [0.25, 0.3) is 5.91 Å². The Morgan fingerprint density at radius 3 is 2.17 bits per heavy atom. The lowest BCUT2D eigenvalue weighted by Crippen LogP contribution is -2.50. The van der Waals surface area contributed by atoms with Crippen LogP contribution in [-0.2, 0) is 16.8 Å². The summed E-state index contributed by atoms with van der Waals surface area (Å²) in [6.07, 6.45) is -12.1. The SMILES string of the molecule is O=C(Nc1c(Cl)cc(C(F)(C(F)(F)F)C(F)(F)F)cc1[S+]([O-])C(F)F)c1ccc2ccc[n+]([O-])c2c1. The van der Waals surface area contributed by atoms with E-state index in [9.17, 15) is 54.1 Å². The van der Waals surface area contributed by atoms with Crippen LogP contribution >= 0.6 is 11.6 Å². The summed E-state index contributed by atoms with van der Waals surface area (Å²) >= 11 is 2.05. The van der Waals surface area contributed by atoms with Crippen molar-refractivity contribution in [3.63, 3.8) is 0 Å². The average Bonchev–Trinajstić information content (AvgIpc) is 2.77. The molecule has 5 nitrogen and oxygen atoms in total. The zero-order chi connectivity index (χ0) is 27.2. The third-order valence-corrected chi connectivity index (χ3v) is 6.25. The molecular formula is C20H10ClF9N2O3S. The zero-order valence-corrected chi connectivity index (χ0v) is 18.6. The Kier molecular flexibility index (Phi) is 7.32. The van der Waals surface area contributed by atoms with E-state index in [-0.39, 0.29) is 23.2 Å². The van der Waals surface area contributed by atoms with Crippen LogP contribution in [0, 0.1) is 5.21 Å². The lowest BCUT2D eigenvalue weighted by atomic mass is 9.94. The number of nitrogens with zero attached hydrogens (tertiary/aromatic N) is 1. The van der Waals surface area contributed by atoms with Gasteiger partial charge in [0, 0.05) is 34.7 Å². The van der Waals surface area contributed by atoms with Crippen molar-refractivity contribution in [2.75, 3.05) is 5.32 Å². The van der Waals surface area contributed by atoms with Crippen molar-refractivity contribution in [2.24, 2.45) is 0 Å². The molecule has 36 heavy (non-hydrogen) atoms. The van der Waals surface area contributed by atoms with Gasteiger partial charge in [0.15, 0.2) is 11.1 Å². The summed E-state index contributed by atoms with van der Waals surface area (Å²) in [5.41, 5.74) is -9.71. The number of alkyl halides is 9. The van der Waals surface area contributed by atoms with Gasteiger partial charge in [-0.1, -0.05) is 11.6 Å². The van der Waals surface area contributed by atoms with Crippen LogP contribution in [0.3, 0.4) is 0 Å². The number of hydrogen-bond donors (Lipinski definition) is 1. The van der Waals surface area contributed by atoms with Crippen LogP contribution in [0.1, 0.15) is 15.9 Å². The maximum Gasteiger partial charge on any atom is 0.435 e. The number of anilines is 1. The van der Waals surface area contributed by atoms with Gasteiger partial charge in [0.1, 0.15) is 5.69 Å². The average molecular weight is 565 g/mol. The Morgan fingerprint density at radius 1 is 1.00 bits per heavy atom. The third-order valence-electron chi connectivity index (χ3n) is 4.88. The van der Waals surface area contributed by atoms with Gasteiger partial charge >= 0.3 is 23.8 Å². The fraction of sp³-hybridized carbons (Fsp3) is 0.200. The van der Waals surface area contributed by atoms with E-state index < -0.39 is 62.0 Å². The monoisotopic (exact) mass is 564 g/mol. The van der Waals surface area contributed by atoms with Gasteiger partial charge in [-0.15, -0.1) is 0 Å². The van der Waals surface area contributed by atoms with E-state index in [0.717, 1.165) is 18.3 Å². The molecule has 1 amide bonds. The third kappa shape index (κ3) is 4.86. The van der Waals surface area contributed by atoms with Crippen LogP contribution in [0.15, 0.2) is 53.6 Å². The molecule has 0 aliphatic carbocycles. The summed E-state index contributed by atoms with van der Waals surface area (Å²) in [5.74, 6) is -5.07. The molecule has 0 bridgehead atoms. The predicted molar refractivity (Wildman–Crippen MR) is 110 cm³/mol. The molecule has 1 N–H and O–H groups in total. The molecule has 0 aliphatic rings. The van der Waals surface area contributed by atoms with Gasteiger partial charge in [0.2, 0.25) is 5.52 Å². The highest BCUT2D eigenvalue weighted by Gasteiger charge is 2.73. The van der Waals surface area contributed by atoms with E-state index in [0.29, 0.717) is 10.1 Å². The number of aromatic nitrogens is 1. The Balaban J connectivity index is 2.16. The standard InChI is InChI=1S/C20H10ClF9N2O3S/c21-12-7-11(18(24,19(25,26)27)20(28,29)30)8-14(36(35)17(22)23)15(12)31-16(33)10-4-3-9-2-1-5-32(34)13(9)6-10/h1-8,17H,(H,31,33). The van der Waals surface area contributed by atoms with Crippen molar-refractivity contribution in [3.05, 3.63) is 70.0 Å². The van der Waals surface area contributed by atoms with E-state index in [4.69, 9.17) is 11.6 Å². The van der Waals surface area contributed by atoms with Crippen LogP contribution in [0.25, 0.3) is 10.9 Å². The van der Waals surface area contributed by atoms with Crippen LogP contribution < -0.4 is 10.0 Å². The summed E-state index contributed by atoms with van der Waals surface area (Å²) in [5, 5.41) is 12.9. The molecule has 1 aromatic heterocycles. The van der Waals surface area contributed by atoms with Gasteiger partial charge in [-0.2, -0.15) is 39.9 Å². The van der Waals surface area contributed by atoms with Crippen molar-refractivity contribution >= 4 is 45.3 Å². The number of hydrogen-bond acceptors (Lipinski definition) is 3. The van der Waals surface area contributed by atoms with E-state index in [2.05, 4.69) is 0 Å². The normalized spacial score (nSPS) is 13.8. The number of carbonyl (C=O) groups is 1. The Hall–Kier alpha value is -2.91. The lowest BCUT2D eigenvalue weighted by molar-refractivity contribution is -0.577. The number of pyridine rings is 1. The molecule has 0 aliphatic heterocycles. The number of rotatable bonds is 5. The molecule has 0 fully saturated rings. The van der Waals surface area contributed by atoms with Crippen molar-refractivity contribution in [2.45, 2.75) is 28.7 Å². The number of carbonyl (C=O) groups excluding carboxylic acids is 1. The molecule has 1 heterocycles. The largest absolute Gasteiger partial charge is 0.618 e. The molecule has 2 aromatic carbocycles. The minimum atomic E-state index is -6.61. The fourth-order valence-corrected chi connectivity index (χ4v) is 4.27. The Bertz CT molecular complexity index is 1300. The second kappa shape index (κ2) is 9.52. The van der Waals surface area contributed by atoms with Crippen LogP contribution in [0.4, 0.5) is 45.2 Å². The molecule has 3 rings (SSSR count). The first kappa shape index (κ1) is 27.7. The quantitative estimate of drug-likeness (QED) is 0.179. The molecular weight excluding hydrogens is 555 g/mol. The number of amides is 1. The Labute approximate surface area is 203 Å². The highest BCUT2D eigenvalue weighted by Crippen LogP contribution is 2.54.